The van der Waals surface area contributed by atoms with Crippen molar-refractivity contribution in [1.29, 1.82) is 0 Å². The predicted molar refractivity (Wildman–Crippen MR) is 95.4 cm³/mol. The average Bonchev–Trinajstić information content (AvgIpc) is 2.87. The minimum Gasteiger partial charge on any atom is -0.353 e. The van der Waals surface area contributed by atoms with Gasteiger partial charge in [-0.15, -0.1) is 5.10 Å². The van der Waals surface area contributed by atoms with Gasteiger partial charge in [0.2, 0.25) is 5.91 Å². The number of carbonyl (C=O) groups is 1. The Kier molecular flexibility index (Phi) is 6.16. The molecule has 118 valence electrons. The quantitative estimate of drug-likeness (QED) is 0.632. The molecule has 1 atom stereocenters. The van der Waals surface area contributed by atoms with Crippen molar-refractivity contribution in [3.05, 3.63) is 34.3 Å². The summed E-state index contributed by atoms with van der Waals surface area (Å²) in [7, 11) is 0. The van der Waals surface area contributed by atoms with Crippen LogP contribution in [0.2, 0.25) is 0 Å². The molecule has 1 N–H and O–H groups in total. The maximum absolute atomic E-state index is 11.9. The monoisotopic (exact) mass is 353 g/mol. The van der Waals surface area contributed by atoms with Gasteiger partial charge in [0.15, 0.2) is 8.29 Å². The molecular weight excluding hydrogens is 334 g/mol. The predicted octanol–water partition coefficient (Wildman–Crippen LogP) is 3.92. The largest absolute Gasteiger partial charge is 0.353 e. The summed E-state index contributed by atoms with van der Waals surface area (Å²) < 4.78 is 3.22. The standard InChI is InChI=1S/C15H19N3OS3/c1-10(2)11(3)16-13(19)9-21-14-17-18(15(20)22-14)12-7-5-4-6-8-12/h4-8,10-11H,9H2,1-3H3,(H,16,19)/t11-/m0/s1. The molecule has 0 fully saturated rings. The van der Waals surface area contributed by atoms with E-state index in [1.54, 1.807) is 4.68 Å². The lowest BCUT2D eigenvalue weighted by atomic mass is 10.1. The van der Waals surface area contributed by atoms with Gasteiger partial charge in [-0.3, -0.25) is 4.79 Å². The van der Waals surface area contributed by atoms with Gasteiger partial charge in [-0.05, 0) is 37.2 Å². The summed E-state index contributed by atoms with van der Waals surface area (Å²) in [5.41, 5.74) is 0.938. The van der Waals surface area contributed by atoms with Crippen LogP contribution in [0, 0.1) is 9.87 Å². The van der Waals surface area contributed by atoms with E-state index in [1.165, 1.54) is 23.1 Å². The molecule has 2 aromatic rings. The summed E-state index contributed by atoms with van der Waals surface area (Å²) in [6.07, 6.45) is 0. The van der Waals surface area contributed by atoms with Crippen molar-refractivity contribution in [3.63, 3.8) is 0 Å². The second-order valence-corrected chi connectivity index (χ2v) is 8.12. The SMILES string of the molecule is CC(C)[C@H](C)NC(=O)CSc1nn(-c2ccccc2)c(=S)s1. The van der Waals surface area contributed by atoms with Gasteiger partial charge in [-0.1, -0.05) is 55.1 Å². The molecule has 1 aromatic carbocycles. The third kappa shape index (κ3) is 4.66. The van der Waals surface area contributed by atoms with Gasteiger partial charge in [0, 0.05) is 6.04 Å². The number of hydrogen-bond donors (Lipinski definition) is 1. The molecule has 1 heterocycles. The zero-order chi connectivity index (χ0) is 16.1. The highest BCUT2D eigenvalue weighted by atomic mass is 32.2. The van der Waals surface area contributed by atoms with Gasteiger partial charge >= 0.3 is 0 Å². The van der Waals surface area contributed by atoms with Crippen molar-refractivity contribution in [1.82, 2.24) is 15.1 Å². The first-order chi connectivity index (χ1) is 10.5. The summed E-state index contributed by atoms with van der Waals surface area (Å²) >= 11 is 8.19. The number of rotatable bonds is 6. The van der Waals surface area contributed by atoms with E-state index in [-0.39, 0.29) is 11.9 Å². The van der Waals surface area contributed by atoms with Crippen molar-refractivity contribution in [3.8, 4) is 5.69 Å². The lowest BCUT2D eigenvalue weighted by Gasteiger charge is -2.16. The molecular formula is C15H19N3OS3. The summed E-state index contributed by atoms with van der Waals surface area (Å²) in [5.74, 6) is 0.806. The highest BCUT2D eigenvalue weighted by Crippen LogP contribution is 2.23. The normalized spacial score (nSPS) is 12.4. The Bertz CT molecular complexity index is 679. The van der Waals surface area contributed by atoms with E-state index in [2.05, 4.69) is 24.3 Å². The Labute approximate surface area is 143 Å². The molecule has 2 rings (SSSR count). The van der Waals surface area contributed by atoms with Crippen molar-refractivity contribution in [2.45, 2.75) is 31.2 Å². The molecule has 1 amide bonds. The Morgan fingerprint density at radius 1 is 1.36 bits per heavy atom. The summed E-state index contributed by atoms with van der Waals surface area (Å²) in [6.45, 7) is 6.19. The van der Waals surface area contributed by atoms with Crippen LogP contribution in [-0.2, 0) is 4.79 Å². The van der Waals surface area contributed by atoms with E-state index in [0.29, 0.717) is 15.6 Å². The number of carbonyl (C=O) groups excluding carboxylic acids is 1. The molecule has 0 spiro atoms. The van der Waals surface area contributed by atoms with Gasteiger partial charge in [-0.2, -0.15) is 0 Å². The van der Waals surface area contributed by atoms with Crippen molar-refractivity contribution in [2.24, 2.45) is 5.92 Å². The first-order valence-electron chi connectivity index (χ1n) is 7.05. The number of benzene rings is 1. The van der Waals surface area contributed by atoms with Crippen LogP contribution in [-0.4, -0.2) is 27.5 Å². The Morgan fingerprint density at radius 2 is 2.05 bits per heavy atom. The number of para-hydroxylation sites is 1. The van der Waals surface area contributed by atoms with Gasteiger partial charge < -0.3 is 5.32 Å². The topological polar surface area (TPSA) is 46.9 Å². The molecule has 1 aromatic heterocycles. The molecule has 0 unspecified atom stereocenters. The maximum atomic E-state index is 11.9. The molecule has 0 aliphatic heterocycles. The van der Waals surface area contributed by atoms with Crippen molar-refractivity contribution < 1.29 is 4.79 Å². The fourth-order valence-electron chi connectivity index (χ4n) is 1.64. The third-order valence-corrected chi connectivity index (χ3v) is 5.61. The van der Waals surface area contributed by atoms with Crippen LogP contribution in [0.25, 0.3) is 5.69 Å². The summed E-state index contributed by atoms with van der Waals surface area (Å²) in [5, 5.41) is 7.47. The highest BCUT2D eigenvalue weighted by molar-refractivity contribution is 8.01. The number of nitrogens with zero attached hydrogens (tertiary/aromatic N) is 2. The Morgan fingerprint density at radius 3 is 2.68 bits per heavy atom. The molecule has 7 heteroatoms. The van der Waals surface area contributed by atoms with Gasteiger partial charge in [0.05, 0.1) is 11.4 Å². The summed E-state index contributed by atoms with van der Waals surface area (Å²) in [4.78, 5) is 11.9. The zero-order valence-corrected chi connectivity index (χ0v) is 15.2. The maximum Gasteiger partial charge on any atom is 0.230 e. The second-order valence-electron chi connectivity index (χ2n) is 5.27. The van der Waals surface area contributed by atoms with Crippen LogP contribution in [0.3, 0.4) is 0 Å². The lowest BCUT2D eigenvalue weighted by Crippen LogP contribution is -2.37. The van der Waals surface area contributed by atoms with Crippen LogP contribution >= 0.6 is 35.3 Å². The molecule has 22 heavy (non-hydrogen) atoms. The van der Waals surface area contributed by atoms with E-state index in [9.17, 15) is 4.79 Å². The number of amides is 1. The summed E-state index contributed by atoms with van der Waals surface area (Å²) in [6, 6.07) is 9.94. The van der Waals surface area contributed by atoms with Crippen LogP contribution in [0.1, 0.15) is 20.8 Å². The highest BCUT2D eigenvalue weighted by Gasteiger charge is 2.12. The van der Waals surface area contributed by atoms with Gasteiger partial charge in [0.25, 0.3) is 0 Å². The first kappa shape index (κ1) is 17.2. The van der Waals surface area contributed by atoms with E-state index in [4.69, 9.17) is 12.2 Å². The molecule has 0 saturated carbocycles. The number of aromatic nitrogens is 2. The first-order valence-corrected chi connectivity index (χ1v) is 9.26. The van der Waals surface area contributed by atoms with Crippen LogP contribution in [0.5, 0.6) is 0 Å². The number of nitrogens with one attached hydrogen (secondary N) is 1. The molecule has 0 saturated heterocycles. The fourth-order valence-corrected chi connectivity index (χ4v) is 3.81. The van der Waals surface area contributed by atoms with Crippen LogP contribution < -0.4 is 5.32 Å². The van der Waals surface area contributed by atoms with Gasteiger partial charge in [-0.25, -0.2) is 4.68 Å². The lowest BCUT2D eigenvalue weighted by molar-refractivity contribution is -0.119. The molecule has 0 aliphatic rings. The third-order valence-electron chi connectivity index (χ3n) is 3.25. The molecule has 0 radical (unpaired) electrons. The Balaban J connectivity index is 1.98. The van der Waals surface area contributed by atoms with Crippen LogP contribution in [0.4, 0.5) is 0 Å². The minimum absolute atomic E-state index is 0.0265. The number of thioether (sulfide) groups is 1. The van der Waals surface area contributed by atoms with Crippen molar-refractivity contribution in [2.75, 3.05) is 5.75 Å². The minimum atomic E-state index is 0.0265. The van der Waals surface area contributed by atoms with E-state index < -0.39 is 0 Å². The van der Waals surface area contributed by atoms with Crippen LogP contribution in [0.15, 0.2) is 34.7 Å². The van der Waals surface area contributed by atoms with Gasteiger partial charge in [0.1, 0.15) is 0 Å². The average molecular weight is 354 g/mol. The van der Waals surface area contributed by atoms with E-state index in [1.807, 2.05) is 37.3 Å². The molecule has 4 nitrogen and oxygen atoms in total. The van der Waals surface area contributed by atoms with E-state index >= 15 is 0 Å². The Hall–Kier alpha value is -1.18. The fraction of sp³-hybridized carbons (Fsp3) is 0.400. The zero-order valence-electron chi connectivity index (χ0n) is 12.8. The second kappa shape index (κ2) is 7.89. The van der Waals surface area contributed by atoms with E-state index in [0.717, 1.165) is 10.0 Å². The molecule has 0 bridgehead atoms. The smallest absolute Gasteiger partial charge is 0.230 e. The van der Waals surface area contributed by atoms with Crippen molar-refractivity contribution >= 4 is 41.2 Å². The molecule has 0 aliphatic carbocycles. The number of hydrogen-bond acceptors (Lipinski definition) is 5.